The fraction of sp³-hybridized carbons (Fsp3) is 0.696. The Morgan fingerprint density at radius 1 is 1.14 bits per heavy atom. The van der Waals surface area contributed by atoms with Gasteiger partial charge >= 0.3 is 0 Å². The molecule has 2 N–H and O–H groups in total. The van der Waals surface area contributed by atoms with Crippen molar-refractivity contribution in [1.82, 2.24) is 10.6 Å². The third-order valence-electron chi connectivity index (χ3n) is 5.09. The summed E-state index contributed by atoms with van der Waals surface area (Å²) in [6.45, 7) is 15.6. The van der Waals surface area contributed by atoms with E-state index in [1.807, 2.05) is 6.92 Å². The molecule has 1 aromatic rings. The highest BCUT2D eigenvalue weighted by molar-refractivity contribution is 5.79. The Morgan fingerprint density at radius 3 is 2.50 bits per heavy atom. The Balaban J connectivity index is 1.92. The van der Waals surface area contributed by atoms with Crippen molar-refractivity contribution in [2.24, 2.45) is 16.3 Å². The quantitative estimate of drug-likeness (QED) is 0.519. The van der Waals surface area contributed by atoms with Gasteiger partial charge < -0.3 is 20.1 Å². The lowest BCUT2D eigenvalue weighted by Gasteiger charge is -2.40. The van der Waals surface area contributed by atoms with Gasteiger partial charge in [0.15, 0.2) is 5.96 Å². The standard InChI is InChI=1S/C23H39N3O2/c1-6-24-22(25-15-18-10-12-19(13-11-18)17-27-7-2)26-16-20-9-8-14-28-21(20)23(3,4)5/h10-13,20-21H,6-9,14-17H2,1-5H3,(H2,24,25,26). The van der Waals surface area contributed by atoms with Gasteiger partial charge in [-0.05, 0) is 43.2 Å². The Kier molecular flexibility index (Phi) is 9.26. The molecular formula is C23H39N3O2. The fourth-order valence-corrected chi connectivity index (χ4v) is 3.71. The lowest BCUT2D eigenvalue weighted by atomic mass is 9.78. The van der Waals surface area contributed by atoms with Crippen LogP contribution in [0.3, 0.4) is 0 Å². The second kappa shape index (κ2) is 11.4. The third kappa shape index (κ3) is 7.44. The maximum absolute atomic E-state index is 6.11. The van der Waals surface area contributed by atoms with E-state index in [-0.39, 0.29) is 11.5 Å². The molecule has 0 bridgehead atoms. The lowest BCUT2D eigenvalue weighted by Crippen LogP contribution is -2.47. The van der Waals surface area contributed by atoms with E-state index in [1.54, 1.807) is 0 Å². The molecule has 1 aromatic carbocycles. The van der Waals surface area contributed by atoms with Crippen LogP contribution in [0.25, 0.3) is 0 Å². The number of ether oxygens (including phenoxy) is 2. The number of hydrogen-bond donors (Lipinski definition) is 2. The minimum atomic E-state index is 0.158. The molecule has 2 rings (SSSR count). The zero-order chi connectivity index (χ0) is 20.4. The van der Waals surface area contributed by atoms with Crippen LogP contribution >= 0.6 is 0 Å². The summed E-state index contributed by atoms with van der Waals surface area (Å²) in [6, 6.07) is 8.50. The number of nitrogens with one attached hydrogen (secondary N) is 2. The summed E-state index contributed by atoms with van der Waals surface area (Å²) in [5.41, 5.74) is 2.56. The minimum absolute atomic E-state index is 0.158. The Hall–Kier alpha value is -1.59. The van der Waals surface area contributed by atoms with Gasteiger partial charge in [-0.1, -0.05) is 45.0 Å². The van der Waals surface area contributed by atoms with Gasteiger partial charge in [0.2, 0.25) is 0 Å². The Bertz CT molecular complexity index is 593. The molecule has 1 aliphatic heterocycles. The molecule has 0 aliphatic carbocycles. The normalized spacial score (nSPS) is 20.8. The minimum Gasteiger partial charge on any atom is -0.377 e. The average molecular weight is 390 g/mol. The molecule has 1 fully saturated rings. The predicted octanol–water partition coefficient (Wildman–Crippen LogP) is 4.12. The van der Waals surface area contributed by atoms with E-state index in [9.17, 15) is 0 Å². The van der Waals surface area contributed by atoms with Crippen LogP contribution in [0.2, 0.25) is 0 Å². The van der Waals surface area contributed by atoms with Gasteiger partial charge in [0.25, 0.3) is 0 Å². The summed E-state index contributed by atoms with van der Waals surface area (Å²) in [5.74, 6) is 1.38. The van der Waals surface area contributed by atoms with Crippen LogP contribution in [0.4, 0.5) is 0 Å². The smallest absolute Gasteiger partial charge is 0.191 e. The van der Waals surface area contributed by atoms with Gasteiger partial charge in [-0.3, -0.25) is 0 Å². The summed E-state index contributed by atoms with van der Waals surface area (Å²) in [6.07, 6.45) is 2.63. The first kappa shape index (κ1) is 22.7. The van der Waals surface area contributed by atoms with Gasteiger partial charge in [-0.15, -0.1) is 0 Å². The topological polar surface area (TPSA) is 54.9 Å². The SMILES string of the molecule is CCNC(=NCc1ccc(COCC)cc1)NCC1CCCOC1C(C)(C)C. The molecular weight excluding hydrogens is 350 g/mol. The monoisotopic (exact) mass is 389 g/mol. The molecule has 1 heterocycles. The van der Waals surface area contributed by atoms with Crippen molar-refractivity contribution < 1.29 is 9.47 Å². The van der Waals surface area contributed by atoms with Crippen LogP contribution < -0.4 is 10.6 Å². The number of hydrogen-bond acceptors (Lipinski definition) is 3. The van der Waals surface area contributed by atoms with E-state index in [0.717, 1.165) is 38.7 Å². The molecule has 5 heteroatoms. The van der Waals surface area contributed by atoms with Crippen LogP contribution in [0, 0.1) is 11.3 Å². The first-order chi connectivity index (χ1) is 13.4. The van der Waals surface area contributed by atoms with Crippen molar-refractivity contribution in [2.75, 3.05) is 26.3 Å². The van der Waals surface area contributed by atoms with E-state index < -0.39 is 0 Å². The summed E-state index contributed by atoms with van der Waals surface area (Å²) in [7, 11) is 0. The van der Waals surface area contributed by atoms with Crippen LogP contribution in [-0.4, -0.2) is 38.4 Å². The molecule has 0 saturated carbocycles. The van der Waals surface area contributed by atoms with Crippen LogP contribution in [0.5, 0.6) is 0 Å². The van der Waals surface area contributed by atoms with E-state index in [2.05, 4.69) is 62.6 Å². The summed E-state index contributed by atoms with van der Waals surface area (Å²) in [4.78, 5) is 4.77. The molecule has 0 radical (unpaired) electrons. The average Bonchev–Trinajstić information content (AvgIpc) is 2.69. The fourth-order valence-electron chi connectivity index (χ4n) is 3.71. The second-order valence-electron chi connectivity index (χ2n) is 8.59. The number of benzene rings is 1. The van der Waals surface area contributed by atoms with Crippen molar-refractivity contribution in [3.63, 3.8) is 0 Å². The molecule has 1 saturated heterocycles. The van der Waals surface area contributed by atoms with E-state index >= 15 is 0 Å². The van der Waals surface area contributed by atoms with Crippen molar-refractivity contribution in [3.05, 3.63) is 35.4 Å². The van der Waals surface area contributed by atoms with Gasteiger partial charge in [-0.2, -0.15) is 0 Å². The Morgan fingerprint density at radius 2 is 1.86 bits per heavy atom. The molecule has 28 heavy (non-hydrogen) atoms. The van der Waals surface area contributed by atoms with Crippen LogP contribution in [-0.2, 0) is 22.6 Å². The maximum Gasteiger partial charge on any atom is 0.191 e. The number of nitrogens with zero attached hydrogens (tertiary/aromatic N) is 1. The van der Waals surface area contributed by atoms with Gasteiger partial charge in [0, 0.05) is 32.2 Å². The zero-order valence-corrected chi connectivity index (χ0v) is 18.4. The van der Waals surface area contributed by atoms with Gasteiger partial charge in [0.1, 0.15) is 0 Å². The highest BCUT2D eigenvalue weighted by Gasteiger charge is 2.35. The van der Waals surface area contributed by atoms with Crippen LogP contribution in [0.1, 0.15) is 58.6 Å². The highest BCUT2D eigenvalue weighted by atomic mass is 16.5. The zero-order valence-electron chi connectivity index (χ0n) is 18.4. The van der Waals surface area contributed by atoms with Crippen molar-refractivity contribution in [3.8, 4) is 0 Å². The van der Waals surface area contributed by atoms with E-state index in [4.69, 9.17) is 14.5 Å². The van der Waals surface area contributed by atoms with Crippen LogP contribution in [0.15, 0.2) is 29.3 Å². The third-order valence-corrected chi connectivity index (χ3v) is 5.09. The molecule has 158 valence electrons. The summed E-state index contributed by atoms with van der Waals surface area (Å²) >= 11 is 0. The first-order valence-electron chi connectivity index (χ1n) is 10.7. The number of guanidine groups is 1. The molecule has 2 atom stereocenters. The maximum atomic E-state index is 6.11. The summed E-state index contributed by atoms with van der Waals surface area (Å²) in [5, 5.41) is 6.90. The summed E-state index contributed by atoms with van der Waals surface area (Å²) < 4.78 is 11.6. The van der Waals surface area contributed by atoms with Gasteiger partial charge in [-0.25, -0.2) is 4.99 Å². The number of aliphatic imine (C=N–C) groups is 1. The van der Waals surface area contributed by atoms with Gasteiger partial charge in [0.05, 0.1) is 19.3 Å². The molecule has 1 aliphatic rings. The second-order valence-corrected chi connectivity index (χ2v) is 8.59. The molecule has 0 aromatic heterocycles. The molecule has 0 spiro atoms. The Labute approximate surface area is 171 Å². The largest absolute Gasteiger partial charge is 0.377 e. The van der Waals surface area contributed by atoms with Crippen molar-refractivity contribution in [2.45, 2.75) is 66.7 Å². The van der Waals surface area contributed by atoms with Crippen molar-refractivity contribution in [1.29, 1.82) is 0 Å². The number of rotatable bonds is 8. The molecule has 0 amide bonds. The molecule has 2 unspecified atom stereocenters. The van der Waals surface area contributed by atoms with E-state index in [1.165, 1.54) is 17.5 Å². The van der Waals surface area contributed by atoms with Crippen molar-refractivity contribution >= 4 is 5.96 Å². The highest BCUT2D eigenvalue weighted by Crippen LogP contribution is 2.33. The lowest BCUT2D eigenvalue weighted by molar-refractivity contribution is -0.0835. The predicted molar refractivity (Wildman–Crippen MR) is 117 cm³/mol. The van der Waals surface area contributed by atoms with E-state index in [0.29, 0.717) is 19.1 Å². The molecule has 5 nitrogen and oxygen atoms in total. The first-order valence-corrected chi connectivity index (χ1v) is 10.7.